The van der Waals surface area contributed by atoms with Crippen LogP contribution in [0.2, 0.25) is 0 Å². The van der Waals surface area contributed by atoms with Crippen LogP contribution in [0, 0.1) is 10.1 Å². The number of nitro groups is 1. The number of nitrogens with zero attached hydrogens (tertiary/aromatic N) is 4. The molecule has 2 rings (SSSR count). The summed E-state index contributed by atoms with van der Waals surface area (Å²) in [7, 11) is 2.65. The van der Waals surface area contributed by atoms with Gasteiger partial charge in [0, 0.05) is 10.0 Å². The fourth-order valence-electron chi connectivity index (χ4n) is 2.06. The standard InChI is InChI=1S/C15H16BrN5O6/c1-8(20-7-11(21(24)25)15(19-20)27-3)14(23)18-17-6-9-4-10(16)5-12(26-2)13(9)22/h4-8,22H,1-3H3,(H,18,23)/b17-6-/t8-/m1/s1. The van der Waals surface area contributed by atoms with Crippen molar-refractivity contribution in [3.63, 3.8) is 0 Å². The SMILES string of the molecule is COc1cc(Br)cc(/C=N\NC(=O)[C@@H](C)n2cc([N+](=O)[O-])c(OC)n2)c1O. The van der Waals surface area contributed by atoms with Crippen molar-refractivity contribution in [1.29, 1.82) is 0 Å². The van der Waals surface area contributed by atoms with Gasteiger partial charge in [0.05, 0.1) is 25.4 Å². The fourth-order valence-corrected chi connectivity index (χ4v) is 2.52. The maximum atomic E-state index is 12.2. The second-order valence-electron chi connectivity index (χ2n) is 5.22. The van der Waals surface area contributed by atoms with Crippen molar-refractivity contribution < 1.29 is 24.3 Å². The number of phenolic OH excluding ortho intramolecular Hbond substituents is 1. The lowest BCUT2D eigenvalue weighted by atomic mass is 10.2. The number of amides is 1. The summed E-state index contributed by atoms with van der Waals surface area (Å²) in [6.07, 6.45) is 2.33. The molecule has 0 aliphatic carbocycles. The quantitative estimate of drug-likeness (QED) is 0.380. The lowest BCUT2D eigenvalue weighted by Crippen LogP contribution is -2.27. The number of hydrogen-bond donors (Lipinski definition) is 2. The minimum atomic E-state index is -0.893. The highest BCUT2D eigenvalue weighted by atomic mass is 79.9. The van der Waals surface area contributed by atoms with Gasteiger partial charge in [0.2, 0.25) is 0 Å². The summed E-state index contributed by atoms with van der Waals surface area (Å²) < 4.78 is 11.6. The number of carbonyl (C=O) groups excluding carboxylic acids is 1. The lowest BCUT2D eigenvalue weighted by molar-refractivity contribution is -0.385. The molecule has 0 radical (unpaired) electrons. The average molecular weight is 442 g/mol. The van der Waals surface area contributed by atoms with Crippen LogP contribution in [0.1, 0.15) is 18.5 Å². The first-order valence-corrected chi connectivity index (χ1v) is 8.24. The van der Waals surface area contributed by atoms with E-state index in [4.69, 9.17) is 9.47 Å². The fraction of sp³-hybridized carbons (Fsp3) is 0.267. The Kier molecular flexibility index (Phi) is 6.34. The van der Waals surface area contributed by atoms with Gasteiger partial charge in [-0.1, -0.05) is 15.9 Å². The normalized spacial score (nSPS) is 12.0. The molecule has 0 aliphatic rings. The number of hydrogen-bond acceptors (Lipinski definition) is 8. The Labute approximate surface area is 161 Å². The topological polar surface area (TPSA) is 141 Å². The van der Waals surface area contributed by atoms with Crippen LogP contribution in [0.15, 0.2) is 27.9 Å². The molecule has 2 N–H and O–H groups in total. The monoisotopic (exact) mass is 441 g/mol. The van der Waals surface area contributed by atoms with Crippen molar-refractivity contribution in [2.24, 2.45) is 5.10 Å². The third-order valence-corrected chi connectivity index (χ3v) is 3.97. The van der Waals surface area contributed by atoms with Crippen LogP contribution < -0.4 is 14.9 Å². The third kappa shape index (κ3) is 4.53. The maximum absolute atomic E-state index is 12.2. The Hall–Kier alpha value is -3.15. The van der Waals surface area contributed by atoms with Crippen LogP contribution in [-0.4, -0.2) is 46.2 Å². The van der Waals surface area contributed by atoms with E-state index in [1.54, 1.807) is 12.1 Å². The van der Waals surface area contributed by atoms with Gasteiger partial charge in [-0.2, -0.15) is 5.10 Å². The van der Waals surface area contributed by atoms with Gasteiger partial charge in [-0.05, 0) is 19.1 Å². The third-order valence-electron chi connectivity index (χ3n) is 3.51. The van der Waals surface area contributed by atoms with E-state index in [2.05, 4.69) is 31.6 Å². The first kappa shape index (κ1) is 20.2. The first-order valence-electron chi connectivity index (χ1n) is 7.45. The predicted octanol–water partition coefficient (Wildman–Crippen LogP) is 1.99. The molecule has 0 fully saturated rings. The second kappa shape index (κ2) is 8.49. The average Bonchev–Trinajstić information content (AvgIpc) is 3.08. The number of ether oxygens (including phenoxy) is 2. The molecule has 1 amide bonds. The summed E-state index contributed by atoms with van der Waals surface area (Å²) in [4.78, 5) is 22.5. The van der Waals surface area contributed by atoms with Crippen molar-refractivity contribution in [2.75, 3.05) is 14.2 Å². The van der Waals surface area contributed by atoms with Gasteiger partial charge in [-0.3, -0.25) is 14.9 Å². The van der Waals surface area contributed by atoms with E-state index in [1.165, 1.54) is 27.4 Å². The number of hydrazone groups is 1. The van der Waals surface area contributed by atoms with Gasteiger partial charge < -0.3 is 14.6 Å². The van der Waals surface area contributed by atoms with Gasteiger partial charge in [0.25, 0.3) is 5.91 Å². The maximum Gasteiger partial charge on any atom is 0.350 e. The highest BCUT2D eigenvalue weighted by Crippen LogP contribution is 2.32. The zero-order valence-electron chi connectivity index (χ0n) is 14.5. The summed E-state index contributed by atoms with van der Waals surface area (Å²) in [5, 5.41) is 28.6. The molecule has 0 unspecified atom stereocenters. The minimum absolute atomic E-state index is 0.140. The zero-order valence-corrected chi connectivity index (χ0v) is 16.1. The van der Waals surface area contributed by atoms with E-state index in [1.807, 2.05) is 0 Å². The highest BCUT2D eigenvalue weighted by Gasteiger charge is 2.25. The number of benzene rings is 1. The molecule has 2 aromatic rings. The number of aromatic nitrogens is 2. The van der Waals surface area contributed by atoms with E-state index in [-0.39, 0.29) is 23.1 Å². The number of phenols is 1. The van der Waals surface area contributed by atoms with Gasteiger partial charge in [0.1, 0.15) is 12.2 Å². The Balaban J connectivity index is 2.13. The molecule has 0 spiro atoms. The van der Waals surface area contributed by atoms with Crippen molar-refractivity contribution in [2.45, 2.75) is 13.0 Å². The number of nitrogens with one attached hydrogen (secondary N) is 1. The van der Waals surface area contributed by atoms with Crippen LogP contribution in [-0.2, 0) is 4.79 Å². The molecule has 1 atom stereocenters. The van der Waals surface area contributed by atoms with E-state index < -0.39 is 16.9 Å². The van der Waals surface area contributed by atoms with Crippen molar-refractivity contribution in [1.82, 2.24) is 15.2 Å². The molecule has 1 aromatic heterocycles. The Morgan fingerprint density at radius 1 is 1.48 bits per heavy atom. The van der Waals surface area contributed by atoms with Gasteiger partial charge in [0.15, 0.2) is 11.5 Å². The van der Waals surface area contributed by atoms with Crippen LogP contribution >= 0.6 is 15.9 Å². The smallest absolute Gasteiger partial charge is 0.350 e. The zero-order chi connectivity index (χ0) is 20.1. The molecule has 0 saturated carbocycles. The summed E-state index contributed by atoms with van der Waals surface area (Å²) in [6, 6.07) is 2.26. The summed E-state index contributed by atoms with van der Waals surface area (Å²) in [5.74, 6) is -0.678. The van der Waals surface area contributed by atoms with Crippen molar-refractivity contribution >= 4 is 33.7 Å². The molecule has 0 saturated heterocycles. The van der Waals surface area contributed by atoms with Crippen LogP contribution in [0.3, 0.4) is 0 Å². The number of carbonyl (C=O) groups is 1. The number of methoxy groups -OCH3 is 2. The van der Waals surface area contributed by atoms with Crippen LogP contribution in [0.5, 0.6) is 17.4 Å². The number of aromatic hydroxyl groups is 1. The molecule has 12 heteroatoms. The number of halogens is 1. The van der Waals surface area contributed by atoms with E-state index in [9.17, 15) is 20.0 Å². The highest BCUT2D eigenvalue weighted by molar-refractivity contribution is 9.10. The summed E-state index contributed by atoms with van der Waals surface area (Å²) in [5.41, 5.74) is 2.24. The van der Waals surface area contributed by atoms with Crippen LogP contribution in [0.25, 0.3) is 0 Å². The summed E-state index contributed by atoms with van der Waals surface area (Å²) in [6.45, 7) is 1.49. The number of rotatable bonds is 7. The van der Waals surface area contributed by atoms with E-state index in [0.29, 0.717) is 10.0 Å². The molecular weight excluding hydrogens is 426 g/mol. The Morgan fingerprint density at radius 3 is 2.74 bits per heavy atom. The first-order chi connectivity index (χ1) is 12.8. The second-order valence-corrected chi connectivity index (χ2v) is 6.13. The Morgan fingerprint density at radius 2 is 2.19 bits per heavy atom. The van der Waals surface area contributed by atoms with Gasteiger partial charge >= 0.3 is 11.6 Å². The van der Waals surface area contributed by atoms with Crippen LogP contribution in [0.4, 0.5) is 5.69 Å². The Bertz CT molecular complexity index is 897. The molecule has 0 bridgehead atoms. The minimum Gasteiger partial charge on any atom is -0.504 e. The van der Waals surface area contributed by atoms with Crippen molar-refractivity contribution in [3.05, 3.63) is 38.5 Å². The van der Waals surface area contributed by atoms with Gasteiger partial charge in [-0.25, -0.2) is 10.1 Å². The van der Waals surface area contributed by atoms with Gasteiger partial charge in [-0.15, -0.1) is 5.10 Å². The molecular formula is C15H16BrN5O6. The molecule has 1 aromatic carbocycles. The molecule has 11 nitrogen and oxygen atoms in total. The molecule has 144 valence electrons. The lowest BCUT2D eigenvalue weighted by Gasteiger charge is -2.09. The largest absolute Gasteiger partial charge is 0.504 e. The molecule has 0 aliphatic heterocycles. The molecule has 27 heavy (non-hydrogen) atoms. The summed E-state index contributed by atoms with van der Waals surface area (Å²) >= 11 is 3.27. The van der Waals surface area contributed by atoms with Crippen molar-refractivity contribution in [3.8, 4) is 17.4 Å². The molecule has 1 heterocycles. The predicted molar refractivity (Wildman–Crippen MR) is 98.2 cm³/mol. The van der Waals surface area contributed by atoms with E-state index >= 15 is 0 Å². The van der Waals surface area contributed by atoms with E-state index in [0.717, 1.165) is 10.9 Å².